The van der Waals surface area contributed by atoms with E-state index < -0.39 is 5.97 Å². The number of carbonyl (C=O) groups is 1. The number of carboxylic acids is 1. The van der Waals surface area contributed by atoms with Gasteiger partial charge in [0.25, 0.3) is 0 Å². The summed E-state index contributed by atoms with van der Waals surface area (Å²) in [4.78, 5) is 17.1. The molecule has 0 aromatic rings. The average Bonchev–Trinajstić information content (AvgIpc) is 2.89. The van der Waals surface area contributed by atoms with Crippen LogP contribution in [0.5, 0.6) is 0 Å². The molecular weight excluding hydrogens is 291 g/mol. The number of ether oxygens (including phenoxy) is 1. The Balaban J connectivity index is 0.00000441. The second-order valence-corrected chi connectivity index (χ2v) is 5.54. The molecule has 0 unspecified atom stereocenters. The van der Waals surface area contributed by atoms with Gasteiger partial charge in [-0.3, -0.25) is 4.99 Å². The third-order valence-corrected chi connectivity index (χ3v) is 3.74. The Morgan fingerprint density at radius 2 is 1.95 bits per heavy atom. The molecule has 0 aliphatic carbocycles. The average molecular weight is 320 g/mol. The van der Waals surface area contributed by atoms with Gasteiger partial charge in [-0.05, 0) is 6.42 Å². The minimum atomic E-state index is -1.05. The molecule has 0 aromatic carbocycles. The number of nitrogens with zero attached hydrogens (tertiary/aromatic N) is 2. The molecule has 0 bridgehead atoms. The van der Waals surface area contributed by atoms with Gasteiger partial charge in [0.15, 0.2) is 0 Å². The van der Waals surface area contributed by atoms with Gasteiger partial charge in [0.2, 0.25) is 0 Å². The van der Waals surface area contributed by atoms with Crippen LogP contribution in [-0.4, -0.2) is 49.6 Å². The molecule has 0 radical (unpaired) electrons. The van der Waals surface area contributed by atoms with Crippen molar-refractivity contribution < 1.29 is 44.2 Å². The van der Waals surface area contributed by atoms with Crippen molar-refractivity contribution in [2.75, 3.05) is 32.8 Å². The van der Waals surface area contributed by atoms with E-state index >= 15 is 0 Å². The van der Waals surface area contributed by atoms with Crippen molar-refractivity contribution in [1.29, 1.82) is 0 Å². The summed E-state index contributed by atoms with van der Waals surface area (Å²) < 4.78 is 5.31. The summed E-state index contributed by atoms with van der Waals surface area (Å²) in [5.74, 6) is 0.149. The smallest absolute Gasteiger partial charge is 0.550 e. The number of carbonyl (C=O) groups excluding carboxylic acids is 1. The molecule has 0 saturated carbocycles. The predicted molar refractivity (Wildman–Crippen MR) is 82.3 cm³/mol. The third-order valence-electron chi connectivity index (χ3n) is 3.74. The Kier molecular flexibility index (Phi) is 14.4. The summed E-state index contributed by atoms with van der Waals surface area (Å²) in [5.41, 5.74) is 0. The molecule has 1 rings (SSSR count). The molecule has 0 aromatic heterocycles. The fourth-order valence-electron chi connectivity index (χ4n) is 2.50. The minimum Gasteiger partial charge on any atom is -0.550 e. The van der Waals surface area contributed by atoms with Gasteiger partial charge in [-0.2, -0.15) is 0 Å². The molecule has 0 amide bonds. The number of hydrogen-bond donors (Lipinski definition) is 0. The molecule has 5 nitrogen and oxygen atoms in total. The number of amidine groups is 1. The third kappa shape index (κ3) is 10.6. The van der Waals surface area contributed by atoms with E-state index in [4.69, 9.17) is 4.74 Å². The van der Waals surface area contributed by atoms with Crippen LogP contribution < -0.4 is 34.7 Å². The molecule has 0 atom stereocenters. The SMILES string of the molecule is CCCCCCCCC1=NCCN1CCOCCC(=O)[O-].[Na+]. The van der Waals surface area contributed by atoms with Crippen molar-refractivity contribution >= 4 is 11.8 Å². The van der Waals surface area contributed by atoms with Gasteiger partial charge in [0.1, 0.15) is 0 Å². The zero-order valence-electron chi connectivity index (χ0n) is 14.3. The molecule has 1 aliphatic heterocycles. The molecule has 22 heavy (non-hydrogen) atoms. The maximum atomic E-state index is 10.3. The van der Waals surface area contributed by atoms with E-state index in [9.17, 15) is 9.90 Å². The maximum Gasteiger partial charge on any atom is 1.00 e. The van der Waals surface area contributed by atoms with Gasteiger partial charge in [-0.1, -0.05) is 39.0 Å². The van der Waals surface area contributed by atoms with Crippen molar-refractivity contribution in [3.8, 4) is 0 Å². The molecule has 0 fully saturated rings. The fourth-order valence-corrected chi connectivity index (χ4v) is 2.50. The number of carboxylic acid groups (broad SMARTS) is 1. The van der Waals surface area contributed by atoms with E-state index in [-0.39, 0.29) is 42.6 Å². The fraction of sp³-hybridized carbons (Fsp3) is 0.875. The van der Waals surface area contributed by atoms with E-state index in [1.807, 2.05) is 0 Å². The van der Waals surface area contributed by atoms with Crippen LogP contribution in [0.25, 0.3) is 0 Å². The Bertz CT molecular complexity index is 325. The molecule has 0 saturated heterocycles. The summed E-state index contributed by atoms with van der Waals surface area (Å²) in [6.07, 6.45) is 8.84. The Morgan fingerprint density at radius 1 is 1.23 bits per heavy atom. The Labute approximate surface area is 156 Å². The summed E-state index contributed by atoms with van der Waals surface area (Å²) in [7, 11) is 0. The van der Waals surface area contributed by atoms with E-state index in [0.29, 0.717) is 6.61 Å². The van der Waals surface area contributed by atoms with Crippen molar-refractivity contribution in [3.05, 3.63) is 0 Å². The first-order valence-corrected chi connectivity index (χ1v) is 8.30. The molecule has 1 aliphatic rings. The summed E-state index contributed by atoms with van der Waals surface area (Å²) >= 11 is 0. The van der Waals surface area contributed by atoms with Crippen molar-refractivity contribution in [3.63, 3.8) is 0 Å². The second kappa shape index (κ2) is 14.5. The number of unbranched alkanes of at least 4 members (excludes halogenated alkanes) is 5. The summed E-state index contributed by atoms with van der Waals surface area (Å²) in [5, 5.41) is 10.3. The van der Waals surface area contributed by atoms with Crippen LogP contribution in [0.3, 0.4) is 0 Å². The zero-order valence-corrected chi connectivity index (χ0v) is 16.3. The van der Waals surface area contributed by atoms with Crippen LogP contribution in [0.1, 0.15) is 58.3 Å². The number of aliphatic carboxylic acids is 1. The van der Waals surface area contributed by atoms with Gasteiger partial charge in [-0.25, -0.2) is 0 Å². The number of hydrogen-bond acceptors (Lipinski definition) is 5. The number of aliphatic imine (C=N–C) groups is 1. The van der Waals surface area contributed by atoms with Crippen molar-refractivity contribution in [2.45, 2.75) is 58.3 Å². The molecular formula is C16H29N2NaO3. The van der Waals surface area contributed by atoms with E-state index in [1.54, 1.807) is 0 Å². The van der Waals surface area contributed by atoms with Crippen LogP contribution in [0.4, 0.5) is 0 Å². The van der Waals surface area contributed by atoms with E-state index in [0.717, 1.165) is 26.1 Å². The molecule has 0 spiro atoms. The topological polar surface area (TPSA) is 65.0 Å². The largest absolute Gasteiger partial charge is 1.00 e. The van der Waals surface area contributed by atoms with Crippen LogP contribution >= 0.6 is 0 Å². The monoisotopic (exact) mass is 320 g/mol. The molecule has 6 heteroatoms. The first kappa shape index (κ1) is 21.9. The quantitative estimate of drug-likeness (QED) is 0.310. The van der Waals surface area contributed by atoms with Gasteiger partial charge in [-0.15, -0.1) is 0 Å². The first-order valence-electron chi connectivity index (χ1n) is 8.30. The Hall–Kier alpha value is -0.100. The number of rotatable bonds is 13. The van der Waals surface area contributed by atoms with E-state index in [1.165, 1.54) is 44.4 Å². The van der Waals surface area contributed by atoms with Crippen LogP contribution in [0.2, 0.25) is 0 Å². The first-order chi connectivity index (χ1) is 10.2. The van der Waals surface area contributed by atoms with E-state index in [2.05, 4.69) is 16.8 Å². The van der Waals surface area contributed by atoms with Crippen molar-refractivity contribution in [2.24, 2.45) is 4.99 Å². The van der Waals surface area contributed by atoms with Crippen LogP contribution in [-0.2, 0) is 9.53 Å². The van der Waals surface area contributed by atoms with Gasteiger partial charge < -0.3 is 19.5 Å². The van der Waals surface area contributed by atoms with Gasteiger partial charge in [0.05, 0.1) is 25.6 Å². The second-order valence-electron chi connectivity index (χ2n) is 5.54. The Morgan fingerprint density at radius 3 is 2.68 bits per heavy atom. The maximum absolute atomic E-state index is 10.3. The predicted octanol–water partition coefficient (Wildman–Crippen LogP) is -1.39. The standard InChI is InChI=1S/C16H30N2O3.Na/c1-2-3-4-5-6-7-8-15-17-10-11-18(15)12-14-21-13-9-16(19)20;/h2-14H2,1H3,(H,19,20);/q;+1/p-1. The van der Waals surface area contributed by atoms with Crippen LogP contribution in [0, 0.1) is 0 Å². The minimum absolute atomic E-state index is 0. The normalized spacial score (nSPS) is 13.9. The van der Waals surface area contributed by atoms with Crippen molar-refractivity contribution in [1.82, 2.24) is 4.90 Å². The van der Waals surface area contributed by atoms with Gasteiger partial charge >= 0.3 is 29.6 Å². The molecule has 122 valence electrons. The van der Waals surface area contributed by atoms with Crippen LogP contribution in [0.15, 0.2) is 4.99 Å². The van der Waals surface area contributed by atoms with Gasteiger partial charge in [0, 0.05) is 31.9 Å². The molecule has 0 N–H and O–H groups in total. The molecule has 1 heterocycles. The zero-order chi connectivity index (χ0) is 15.3. The summed E-state index contributed by atoms with van der Waals surface area (Å²) in [6.45, 7) is 5.68. The summed E-state index contributed by atoms with van der Waals surface area (Å²) in [6, 6.07) is 0.